The van der Waals surface area contributed by atoms with Crippen LogP contribution in [0.15, 0.2) is 24.4 Å². The van der Waals surface area contributed by atoms with Crippen LogP contribution in [-0.2, 0) is 13.0 Å². The monoisotopic (exact) mass is 187 g/mol. The van der Waals surface area contributed by atoms with Gasteiger partial charge in [-0.1, -0.05) is 13.0 Å². The smallest absolute Gasteiger partial charge is 0.181 e. The van der Waals surface area contributed by atoms with Crippen molar-refractivity contribution in [1.29, 1.82) is 0 Å². The Hall–Kier alpha value is -0.600. The molecule has 0 bridgehead atoms. The fourth-order valence-electron chi connectivity index (χ4n) is 1.16. The molecule has 0 aliphatic heterocycles. The Balaban J connectivity index is 0.00000121. The Bertz CT molecular complexity index is 228. The molecular weight excluding hydrogens is 174 g/mol. The number of hydrogen-bond acceptors (Lipinski definition) is 1. The molecule has 1 aromatic rings. The maximum Gasteiger partial charge on any atom is 0.181 e. The summed E-state index contributed by atoms with van der Waals surface area (Å²) in [4.78, 5) is 0. The Morgan fingerprint density at radius 2 is 2.17 bits per heavy atom. The van der Waals surface area contributed by atoms with Gasteiger partial charge in [-0.05, 0) is 0 Å². The maximum absolute atomic E-state index is 8.72. The summed E-state index contributed by atoms with van der Waals surface area (Å²) >= 11 is 0. The molecular formula is C9H14ClNO. The van der Waals surface area contributed by atoms with Gasteiger partial charge in [0.2, 0.25) is 0 Å². The standard InChI is InChI=1S/C9H14NO.ClH/c1-2-9-5-3-4-6-10(9)7-8-11;/h3-6,11H,2,7-8H2,1H3;1H/q+1;/p-1. The van der Waals surface area contributed by atoms with E-state index in [2.05, 4.69) is 17.6 Å². The molecule has 0 saturated heterocycles. The van der Waals surface area contributed by atoms with Gasteiger partial charge in [0, 0.05) is 18.6 Å². The van der Waals surface area contributed by atoms with E-state index >= 15 is 0 Å². The highest BCUT2D eigenvalue weighted by Crippen LogP contribution is 1.91. The van der Waals surface area contributed by atoms with Crippen LogP contribution >= 0.6 is 0 Å². The molecule has 0 spiro atoms. The second-order valence-electron chi connectivity index (χ2n) is 2.46. The normalized spacial score (nSPS) is 9.17. The summed E-state index contributed by atoms with van der Waals surface area (Å²) in [5.74, 6) is 0. The average molecular weight is 188 g/mol. The fourth-order valence-corrected chi connectivity index (χ4v) is 1.16. The molecule has 0 aliphatic rings. The third-order valence-electron chi connectivity index (χ3n) is 1.74. The van der Waals surface area contributed by atoms with Crippen LogP contribution in [0.2, 0.25) is 0 Å². The minimum Gasteiger partial charge on any atom is -1.00 e. The summed E-state index contributed by atoms with van der Waals surface area (Å²) in [7, 11) is 0. The molecule has 0 radical (unpaired) electrons. The van der Waals surface area contributed by atoms with Crippen molar-refractivity contribution in [3.8, 4) is 0 Å². The molecule has 0 aliphatic carbocycles. The van der Waals surface area contributed by atoms with Gasteiger partial charge in [-0.15, -0.1) is 0 Å². The van der Waals surface area contributed by atoms with Gasteiger partial charge in [-0.25, -0.2) is 4.57 Å². The average Bonchev–Trinajstić information content (AvgIpc) is 2.06. The lowest BCUT2D eigenvalue weighted by Gasteiger charge is -1.98. The van der Waals surface area contributed by atoms with Gasteiger partial charge in [-0.2, -0.15) is 0 Å². The number of aliphatic hydroxyl groups excluding tert-OH is 1. The molecule has 0 unspecified atom stereocenters. The fraction of sp³-hybridized carbons (Fsp3) is 0.444. The topological polar surface area (TPSA) is 24.1 Å². The summed E-state index contributed by atoms with van der Waals surface area (Å²) in [6.45, 7) is 3.02. The van der Waals surface area contributed by atoms with Crippen LogP contribution in [0.4, 0.5) is 0 Å². The number of rotatable bonds is 3. The minimum absolute atomic E-state index is 0. The Morgan fingerprint density at radius 3 is 2.75 bits per heavy atom. The molecule has 3 heteroatoms. The van der Waals surface area contributed by atoms with Gasteiger partial charge < -0.3 is 17.5 Å². The summed E-state index contributed by atoms with van der Waals surface area (Å²) in [6.07, 6.45) is 3.01. The lowest BCUT2D eigenvalue weighted by molar-refractivity contribution is -0.705. The van der Waals surface area contributed by atoms with Crippen LogP contribution in [0.25, 0.3) is 0 Å². The number of pyridine rings is 1. The van der Waals surface area contributed by atoms with Crippen LogP contribution in [-0.4, -0.2) is 11.7 Å². The highest BCUT2D eigenvalue weighted by molar-refractivity contribution is 4.96. The van der Waals surface area contributed by atoms with Gasteiger partial charge in [0.25, 0.3) is 0 Å². The largest absolute Gasteiger partial charge is 1.00 e. The van der Waals surface area contributed by atoms with Crippen molar-refractivity contribution in [2.45, 2.75) is 19.9 Å². The van der Waals surface area contributed by atoms with Crippen molar-refractivity contribution in [3.63, 3.8) is 0 Å². The molecule has 0 aromatic carbocycles. The first-order valence-corrected chi connectivity index (χ1v) is 3.96. The summed E-state index contributed by atoms with van der Waals surface area (Å²) < 4.78 is 2.07. The first kappa shape index (κ1) is 11.4. The van der Waals surface area contributed by atoms with Gasteiger partial charge in [0.05, 0.1) is 0 Å². The first-order valence-electron chi connectivity index (χ1n) is 3.96. The van der Waals surface area contributed by atoms with E-state index in [4.69, 9.17) is 5.11 Å². The molecule has 1 aromatic heterocycles. The summed E-state index contributed by atoms with van der Waals surface area (Å²) in [5.41, 5.74) is 1.27. The van der Waals surface area contributed by atoms with Crippen molar-refractivity contribution in [3.05, 3.63) is 30.1 Å². The van der Waals surface area contributed by atoms with Crippen molar-refractivity contribution in [1.82, 2.24) is 0 Å². The van der Waals surface area contributed by atoms with Crippen molar-refractivity contribution < 1.29 is 22.1 Å². The molecule has 1 heterocycles. The van der Waals surface area contributed by atoms with Crippen molar-refractivity contribution in [2.24, 2.45) is 0 Å². The van der Waals surface area contributed by atoms with Gasteiger partial charge in [0.1, 0.15) is 6.61 Å². The van der Waals surface area contributed by atoms with Crippen LogP contribution in [0.5, 0.6) is 0 Å². The second-order valence-corrected chi connectivity index (χ2v) is 2.46. The highest BCUT2D eigenvalue weighted by Gasteiger charge is 2.04. The predicted octanol–water partition coefficient (Wildman–Crippen LogP) is -2.47. The van der Waals surface area contributed by atoms with E-state index in [0.717, 1.165) is 6.42 Å². The molecule has 1 rings (SSSR count). The van der Waals surface area contributed by atoms with Crippen LogP contribution < -0.4 is 17.0 Å². The van der Waals surface area contributed by atoms with E-state index in [-0.39, 0.29) is 19.0 Å². The van der Waals surface area contributed by atoms with Crippen molar-refractivity contribution >= 4 is 0 Å². The molecule has 0 amide bonds. The van der Waals surface area contributed by atoms with Crippen LogP contribution in [0, 0.1) is 0 Å². The van der Waals surface area contributed by atoms with Gasteiger partial charge in [-0.3, -0.25) is 0 Å². The van der Waals surface area contributed by atoms with E-state index in [1.165, 1.54) is 5.69 Å². The van der Waals surface area contributed by atoms with Crippen LogP contribution in [0.3, 0.4) is 0 Å². The van der Waals surface area contributed by atoms with E-state index in [1.54, 1.807) is 0 Å². The zero-order valence-corrected chi connectivity index (χ0v) is 7.96. The van der Waals surface area contributed by atoms with Gasteiger partial charge >= 0.3 is 0 Å². The molecule has 0 saturated carbocycles. The van der Waals surface area contributed by atoms with Crippen LogP contribution in [0.1, 0.15) is 12.6 Å². The zero-order valence-electron chi connectivity index (χ0n) is 7.20. The number of aromatic nitrogens is 1. The lowest BCUT2D eigenvalue weighted by atomic mass is 10.3. The predicted molar refractivity (Wildman–Crippen MR) is 43.1 cm³/mol. The van der Waals surface area contributed by atoms with E-state index in [1.807, 2.05) is 18.3 Å². The third-order valence-corrected chi connectivity index (χ3v) is 1.74. The number of hydrogen-bond donors (Lipinski definition) is 1. The molecule has 1 N–H and O–H groups in total. The van der Waals surface area contributed by atoms with E-state index < -0.39 is 0 Å². The molecule has 0 atom stereocenters. The Labute approximate surface area is 79.3 Å². The SMILES string of the molecule is CCc1cccc[n+]1CCO.[Cl-]. The third kappa shape index (κ3) is 2.80. The Kier molecular flexibility index (Phi) is 5.68. The van der Waals surface area contributed by atoms with Gasteiger partial charge in [0.15, 0.2) is 18.4 Å². The summed E-state index contributed by atoms with van der Waals surface area (Å²) in [5, 5.41) is 8.72. The highest BCUT2D eigenvalue weighted by atomic mass is 35.5. The number of nitrogens with zero attached hydrogens (tertiary/aromatic N) is 1. The molecule has 68 valence electrons. The number of aryl methyl sites for hydroxylation is 1. The molecule has 2 nitrogen and oxygen atoms in total. The maximum atomic E-state index is 8.72. The number of halogens is 1. The zero-order chi connectivity index (χ0) is 8.10. The molecule has 12 heavy (non-hydrogen) atoms. The first-order chi connectivity index (χ1) is 5.38. The minimum atomic E-state index is 0. The van der Waals surface area contributed by atoms with Crippen molar-refractivity contribution in [2.75, 3.05) is 6.61 Å². The Morgan fingerprint density at radius 1 is 1.42 bits per heavy atom. The second kappa shape index (κ2) is 5.98. The van der Waals surface area contributed by atoms with E-state index in [0.29, 0.717) is 6.54 Å². The van der Waals surface area contributed by atoms with E-state index in [9.17, 15) is 0 Å². The quantitative estimate of drug-likeness (QED) is 0.522. The number of aliphatic hydroxyl groups is 1. The molecule has 0 fully saturated rings. The lowest BCUT2D eigenvalue weighted by Crippen LogP contribution is -3.00. The summed E-state index contributed by atoms with van der Waals surface area (Å²) in [6, 6.07) is 6.08.